The molecule has 0 saturated heterocycles. The highest BCUT2D eigenvalue weighted by Crippen LogP contribution is 2.42. The molecule has 0 aliphatic heterocycles. The minimum atomic E-state index is 0.423. The van der Waals surface area contributed by atoms with Crippen molar-refractivity contribution in [3.63, 3.8) is 0 Å². The summed E-state index contributed by atoms with van der Waals surface area (Å²) in [7, 11) is 0. The molecule has 0 aromatic heterocycles. The van der Waals surface area contributed by atoms with E-state index in [0.29, 0.717) is 22.0 Å². The Hall–Kier alpha value is -0.890. The van der Waals surface area contributed by atoms with Gasteiger partial charge in [0.05, 0.1) is 15.7 Å². The molecule has 1 aliphatic rings. The largest absolute Gasteiger partial charge is 0.381 e. The van der Waals surface area contributed by atoms with E-state index in [1.807, 2.05) is 30.3 Å². The Kier molecular flexibility index (Phi) is 4.11. The zero-order valence-electron chi connectivity index (χ0n) is 10.7. The van der Waals surface area contributed by atoms with Crippen molar-refractivity contribution in [1.29, 1.82) is 0 Å². The molecule has 1 fully saturated rings. The second-order valence-electron chi connectivity index (χ2n) is 5.13. The minimum absolute atomic E-state index is 0.423. The van der Waals surface area contributed by atoms with Gasteiger partial charge in [-0.25, -0.2) is 0 Å². The second-order valence-corrected chi connectivity index (χ2v) is 6.32. The van der Waals surface area contributed by atoms with Crippen LogP contribution in [0.25, 0.3) is 0 Å². The first kappa shape index (κ1) is 14.1. The van der Waals surface area contributed by atoms with Crippen molar-refractivity contribution in [2.24, 2.45) is 0 Å². The maximum absolute atomic E-state index is 6.23. The van der Waals surface area contributed by atoms with Gasteiger partial charge in [-0.05, 0) is 42.5 Å². The van der Waals surface area contributed by atoms with Crippen LogP contribution in [0.5, 0.6) is 0 Å². The van der Waals surface area contributed by atoms with Crippen LogP contribution >= 0.6 is 34.8 Å². The van der Waals surface area contributed by atoms with E-state index in [1.165, 1.54) is 5.56 Å². The van der Waals surface area contributed by atoms with Gasteiger partial charge in [0.15, 0.2) is 0 Å². The summed E-state index contributed by atoms with van der Waals surface area (Å²) in [5, 5.41) is 5.48. The number of halogens is 3. The van der Waals surface area contributed by atoms with Crippen LogP contribution in [0.1, 0.15) is 24.3 Å². The van der Waals surface area contributed by atoms with Crippen molar-refractivity contribution >= 4 is 40.5 Å². The van der Waals surface area contributed by atoms with Crippen LogP contribution in [-0.4, -0.2) is 6.04 Å². The molecule has 1 N–H and O–H groups in total. The molecule has 104 valence electrons. The standard InChI is InChI=1S/C16H14Cl3N/c17-13-5-2-1-4-12(13)10-8-11(9-10)20-15-7-3-6-14(18)16(15)19/h1-7,10-11,20H,8-9H2. The molecule has 0 amide bonds. The SMILES string of the molecule is Clc1ccccc1C1CC(Nc2cccc(Cl)c2Cl)C1. The summed E-state index contributed by atoms with van der Waals surface area (Å²) in [5.74, 6) is 0.527. The van der Waals surface area contributed by atoms with Crippen LogP contribution in [0.3, 0.4) is 0 Å². The number of rotatable bonds is 3. The predicted octanol–water partition coefficient (Wildman–Crippen LogP) is 6.00. The molecule has 0 bridgehead atoms. The fraction of sp³-hybridized carbons (Fsp3) is 0.250. The van der Waals surface area contributed by atoms with Crippen LogP contribution in [0.15, 0.2) is 42.5 Å². The average molecular weight is 327 g/mol. The third-order valence-electron chi connectivity index (χ3n) is 3.79. The highest BCUT2D eigenvalue weighted by atomic mass is 35.5. The van der Waals surface area contributed by atoms with Gasteiger partial charge in [-0.1, -0.05) is 59.1 Å². The number of hydrogen-bond donors (Lipinski definition) is 1. The molecule has 0 unspecified atom stereocenters. The molecule has 0 radical (unpaired) electrons. The molecule has 1 aliphatic carbocycles. The number of hydrogen-bond acceptors (Lipinski definition) is 1. The third-order valence-corrected chi connectivity index (χ3v) is 4.96. The molecule has 3 rings (SSSR count). The minimum Gasteiger partial charge on any atom is -0.381 e. The van der Waals surface area contributed by atoms with Gasteiger partial charge in [0.1, 0.15) is 0 Å². The topological polar surface area (TPSA) is 12.0 Å². The molecule has 1 saturated carbocycles. The quantitative estimate of drug-likeness (QED) is 0.729. The zero-order chi connectivity index (χ0) is 14.1. The second kappa shape index (κ2) is 5.85. The van der Waals surface area contributed by atoms with Gasteiger partial charge in [0.2, 0.25) is 0 Å². The number of nitrogens with one attached hydrogen (secondary N) is 1. The van der Waals surface area contributed by atoms with Crippen molar-refractivity contribution in [3.05, 3.63) is 63.1 Å². The Morgan fingerprint density at radius 3 is 2.30 bits per heavy atom. The van der Waals surface area contributed by atoms with Gasteiger partial charge in [-0.2, -0.15) is 0 Å². The van der Waals surface area contributed by atoms with Crippen LogP contribution in [0.2, 0.25) is 15.1 Å². The molecule has 0 heterocycles. The van der Waals surface area contributed by atoms with Gasteiger partial charge < -0.3 is 5.32 Å². The normalized spacial score (nSPS) is 21.4. The summed E-state index contributed by atoms with van der Waals surface area (Å²) >= 11 is 18.4. The fourth-order valence-corrected chi connectivity index (χ4v) is 3.28. The smallest absolute Gasteiger partial charge is 0.0823 e. The molecular weight excluding hydrogens is 313 g/mol. The van der Waals surface area contributed by atoms with E-state index in [0.717, 1.165) is 23.6 Å². The summed E-state index contributed by atoms with van der Waals surface area (Å²) in [6, 6.07) is 14.1. The average Bonchev–Trinajstić information content (AvgIpc) is 2.39. The van der Waals surface area contributed by atoms with Crippen molar-refractivity contribution in [3.8, 4) is 0 Å². The molecule has 0 spiro atoms. The Balaban J connectivity index is 1.64. The first-order chi connectivity index (χ1) is 9.65. The Labute approximate surface area is 133 Å². The van der Waals surface area contributed by atoms with Crippen LogP contribution in [-0.2, 0) is 0 Å². The summed E-state index contributed by atoms with van der Waals surface area (Å²) in [4.78, 5) is 0. The monoisotopic (exact) mass is 325 g/mol. The van der Waals surface area contributed by atoms with E-state index in [9.17, 15) is 0 Å². The number of benzene rings is 2. The van der Waals surface area contributed by atoms with Gasteiger partial charge in [0.25, 0.3) is 0 Å². The fourth-order valence-electron chi connectivity index (χ4n) is 2.63. The highest BCUT2D eigenvalue weighted by Gasteiger charge is 2.31. The van der Waals surface area contributed by atoms with E-state index >= 15 is 0 Å². The lowest BCUT2D eigenvalue weighted by atomic mass is 9.76. The van der Waals surface area contributed by atoms with Gasteiger partial charge >= 0.3 is 0 Å². The third kappa shape index (κ3) is 2.76. The van der Waals surface area contributed by atoms with E-state index in [4.69, 9.17) is 34.8 Å². The summed E-state index contributed by atoms with van der Waals surface area (Å²) in [6.45, 7) is 0. The van der Waals surface area contributed by atoms with Crippen molar-refractivity contribution < 1.29 is 0 Å². The van der Waals surface area contributed by atoms with Gasteiger partial charge in [-0.15, -0.1) is 0 Å². The van der Waals surface area contributed by atoms with Crippen molar-refractivity contribution in [1.82, 2.24) is 0 Å². The van der Waals surface area contributed by atoms with Crippen LogP contribution in [0.4, 0.5) is 5.69 Å². The summed E-state index contributed by atoms with van der Waals surface area (Å²) in [5.41, 5.74) is 2.14. The van der Waals surface area contributed by atoms with E-state index < -0.39 is 0 Å². The Morgan fingerprint density at radius 1 is 0.850 bits per heavy atom. The van der Waals surface area contributed by atoms with E-state index in [1.54, 1.807) is 6.07 Å². The first-order valence-electron chi connectivity index (χ1n) is 6.60. The zero-order valence-corrected chi connectivity index (χ0v) is 13.0. The number of anilines is 1. The molecule has 2 aromatic rings. The Bertz CT molecular complexity index is 621. The maximum Gasteiger partial charge on any atom is 0.0823 e. The predicted molar refractivity (Wildman–Crippen MR) is 87.3 cm³/mol. The summed E-state index contributed by atoms with van der Waals surface area (Å²) < 4.78 is 0. The molecule has 20 heavy (non-hydrogen) atoms. The highest BCUT2D eigenvalue weighted by molar-refractivity contribution is 6.43. The van der Waals surface area contributed by atoms with Crippen molar-refractivity contribution in [2.75, 3.05) is 5.32 Å². The lowest BCUT2D eigenvalue weighted by molar-refractivity contribution is 0.374. The molecular formula is C16H14Cl3N. The van der Waals surface area contributed by atoms with Gasteiger partial charge in [-0.3, -0.25) is 0 Å². The molecule has 4 heteroatoms. The first-order valence-corrected chi connectivity index (χ1v) is 7.73. The summed E-state index contributed by atoms with van der Waals surface area (Å²) in [6.07, 6.45) is 2.12. The van der Waals surface area contributed by atoms with E-state index in [-0.39, 0.29) is 0 Å². The van der Waals surface area contributed by atoms with Gasteiger partial charge in [0, 0.05) is 11.1 Å². The molecule has 1 nitrogen and oxygen atoms in total. The Morgan fingerprint density at radius 2 is 1.55 bits per heavy atom. The molecule has 0 atom stereocenters. The van der Waals surface area contributed by atoms with Crippen molar-refractivity contribution in [2.45, 2.75) is 24.8 Å². The lowest BCUT2D eigenvalue weighted by Gasteiger charge is -2.37. The van der Waals surface area contributed by atoms with Crippen LogP contribution < -0.4 is 5.32 Å². The van der Waals surface area contributed by atoms with Crippen LogP contribution in [0, 0.1) is 0 Å². The lowest BCUT2D eigenvalue weighted by Crippen LogP contribution is -2.34. The maximum atomic E-state index is 6.23. The van der Waals surface area contributed by atoms with E-state index in [2.05, 4.69) is 11.4 Å². The molecule has 2 aromatic carbocycles.